The largest absolute Gasteiger partial charge is 0.504 e. The van der Waals surface area contributed by atoms with Crippen LogP contribution >= 0.6 is 15.9 Å². The van der Waals surface area contributed by atoms with Crippen LogP contribution in [0.15, 0.2) is 18.2 Å². The number of aromatic hydroxyl groups is 2. The first-order valence-corrected chi connectivity index (χ1v) is 7.57. The maximum Gasteiger partial charge on any atom is 0.255 e. The van der Waals surface area contributed by atoms with E-state index in [4.69, 9.17) is 0 Å². The highest BCUT2D eigenvalue weighted by molar-refractivity contribution is 9.09. The molecule has 0 heterocycles. The Morgan fingerprint density at radius 1 is 1.37 bits per heavy atom. The van der Waals surface area contributed by atoms with Crippen LogP contribution < -0.4 is 5.32 Å². The molecule has 19 heavy (non-hydrogen) atoms. The smallest absolute Gasteiger partial charge is 0.255 e. The molecule has 1 unspecified atom stereocenters. The Labute approximate surface area is 122 Å². The molecule has 0 aliphatic carbocycles. The molecule has 1 aromatic rings. The number of hydrogen-bond donors (Lipinski definition) is 3. The molecule has 0 aliphatic heterocycles. The van der Waals surface area contributed by atoms with Crippen LogP contribution in [0.5, 0.6) is 11.5 Å². The summed E-state index contributed by atoms with van der Waals surface area (Å²) in [6.45, 7) is 2.69. The van der Waals surface area contributed by atoms with Crippen molar-refractivity contribution in [2.45, 2.75) is 26.2 Å². The van der Waals surface area contributed by atoms with E-state index in [1.807, 2.05) is 0 Å². The Morgan fingerprint density at radius 3 is 2.74 bits per heavy atom. The zero-order chi connectivity index (χ0) is 14.3. The minimum Gasteiger partial charge on any atom is -0.504 e. The Kier molecular flexibility index (Phi) is 6.70. The molecule has 0 aromatic heterocycles. The molecule has 1 atom stereocenters. The minimum absolute atomic E-state index is 0.106. The summed E-state index contributed by atoms with van der Waals surface area (Å²) in [6.07, 6.45) is 3.13. The van der Waals surface area contributed by atoms with Gasteiger partial charge in [-0.15, -0.1) is 0 Å². The minimum atomic E-state index is -0.368. The summed E-state index contributed by atoms with van der Waals surface area (Å²) in [5, 5.41) is 22.7. The van der Waals surface area contributed by atoms with Gasteiger partial charge in [0, 0.05) is 11.9 Å². The highest BCUT2D eigenvalue weighted by atomic mass is 79.9. The van der Waals surface area contributed by atoms with Crippen LogP contribution in [0, 0.1) is 5.92 Å². The van der Waals surface area contributed by atoms with Crippen molar-refractivity contribution >= 4 is 21.8 Å². The summed E-state index contributed by atoms with van der Waals surface area (Å²) < 4.78 is 0. The molecule has 3 N–H and O–H groups in total. The van der Waals surface area contributed by atoms with Crippen LogP contribution in [0.2, 0.25) is 0 Å². The average molecular weight is 330 g/mol. The number of amides is 1. The molecule has 0 radical (unpaired) electrons. The van der Waals surface area contributed by atoms with Gasteiger partial charge in [0.2, 0.25) is 0 Å². The third-order valence-corrected chi connectivity index (χ3v) is 3.48. The van der Waals surface area contributed by atoms with Gasteiger partial charge in [-0.25, -0.2) is 0 Å². The van der Waals surface area contributed by atoms with E-state index >= 15 is 0 Å². The third-order valence-electron chi connectivity index (χ3n) is 3.02. The van der Waals surface area contributed by atoms with E-state index < -0.39 is 0 Å². The number of carbonyl (C=O) groups is 1. The Morgan fingerprint density at radius 2 is 2.11 bits per heavy atom. The Bertz CT molecular complexity index is 417. The zero-order valence-corrected chi connectivity index (χ0v) is 12.6. The van der Waals surface area contributed by atoms with Crippen molar-refractivity contribution < 1.29 is 15.0 Å². The molecule has 0 saturated heterocycles. The van der Waals surface area contributed by atoms with E-state index in [-0.39, 0.29) is 23.0 Å². The first-order chi connectivity index (χ1) is 9.10. The maximum atomic E-state index is 11.9. The molecular formula is C14H20BrNO3. The van der Waals surface area contributed by atoms with Crippen LogP contribution in [0.4, 0.5) is 0 Å². The summed E-state index contributed by atoms with van der Waals surface area (Å²) in [5.74, 6) is -0.581. The molecule has 0 bridgehead atoms. The molecule has 1 aromatic carbocycles. The molecule has 0 aliphatic rings. The second-order valence-corrected chi connectivity index (χ2v) is 5.31. The molecule has 1 amide bonds. The quantitative estimate of drug-likeness (QED) is 0.532. The normalized spacial score (nSPS) is 12.1. The summed E-state index contributed by atoms with van der Waals surface area (Å²) in [6, 6.07) is 4.37. The molecule has 106 valence electrons. The number of halogens is 1. The van der Waals surface area contributed by atoms with Crippen LogP contribution in [0.3, 0.4) is 0 Å². The van der Waals surface area contributed by atoms with Gasteiger partial charge in [-0.1, -0.05) is 35.3 Å². The van der Waals surface area contributed by atoms with Crippen molar-refractivity contribution in [1.29, 1.82) is 0 Å². The molecule has 4 nitrogen and oxygen atoms in total. The summed E-state index contributed by atoms with van der Waals surface area (Å²) in [5.41, 5.74) is 0.106. The monoisotopic (exact) mass is 329 g/mol. The summed E-state index contributed by atoms with van der Waals surface area (Å²) in [7, 11) is 0. The summed E-state index contributed by atoms with van der Waals surface area (Å²) in [4.78, 5) is 11.9. The van der Waals surface area contributed by atoms with E-state index in [1.54, 1.807) is 0 Å². The molecule has 0 fully saturated rings. The van der Waals surface area contributed by atoms with E-state index in [0.29, 0.717) is 12.5 Å². The van der Waals surface area contributed by atoms with E-state index in [1.165, 1.54) is 18.2 Å². The number of hydrogen-bond acceptors (Lipinski definition) is 3. The van der Waals surface area contributed by atoms with Crippen LogP contribution in [-0.4, -0.2) is 28.0 Å². The van der Waals surface area contributed by atoms with E-state index in [9.17, 15) is 15.0 Å². The van der Waals surface area contributed by atoms with E-state index in [2.05, 4.69) is 28.2 Å². The van der Waals surface area contributed by atoms with Crippen molar-refractivity contribution in [3.05, 3.63) is 23.8 Å². The summed E-state index contributed by atoms with van der Waals surface area (Å²) >= 11 is 3.41. The van der Waals surface area contributed by atoms with Crippen molar-refractivity contribution in [3.63, 3.8) is 0 Å². The number of para-hydroxylation sites is 1. The van der Waals surface area contributed by atoms with Crippen molar-refractivity contribution in [3.8, 4) is 11.5 Å². The van der Waals surface area contributed by atoms with Gasteiger partial charge >= 0.3 is 0 Å². The van der Waals surface area contributed by atoms with Crippen LogP contribution in [-0.2, 0) is 0 Å². The van der Waals surface area contributed by atoms with Gasteiger partial charge in [-0.05, 0) is 30.9 Å². The third kappa shape index (κ3) is 4.74. The number of phenolic OH excluding ortho intramolecular Hbond substituents is 2. The van der Waals surface area contributed by atoms with Crippen molar-refractivity contribution in [1.82, 2.24) is 5.32 Å². The number of rotatable bonds is 7. The molecule has 0 spiro atoms. The lowest BCUT2D eigenvalue weighted by molar-refractivity contribution is 0.0942. The first-order valence-electron chi connectivity index (χ1n) is 6.45. The fraction of sp³-hybridized carbons (Fsp3) is 0.500. The van der Waals surface area contributed by atoms with Crippen molar-refractivity contribution in [2.24, 2.45) is 5.92 Å². The van der Waals surface area contributed by atoms with Crippen LogP contribution in [0.25, 0.3) is 0 Å². The van der Waals surface area contributed by atoms with Gasteiger partial charge in [0.05, 0.1) is 5.56 Å². The van der Waals surface area contributed by atoms with Gasteiger partial charge < -0.3 is 15.5 Å². The van der Waals surface area contributed by atoms with Crippen molar-refractivity contribution in [2.75, 3.05) is 11.9 Å². The van der Waals surface area contributed by atoms with Crippen LogP contribution in [0.1, 0.15) is 36.5 Å². The second-order valence-electron chi connectivity index (χ2n) is 4.52. The molecule has 0 saturated carbocycles. The predicted octanol–water partition coefficient (Wildman–Crippen LogP) is 3.03. The predicted molar refractivity (Wildman–Crippen MR) is 78.9 cm³/mol. The highest BCUT2D eigenvalue weighted by Gasteiger charge is 2.15. The maximum absolute atomic E-state index is 11.9. The lowest BCUT2D eigenvalue weighted by atomic mass is 10.0. The number of alkyl halides is 1. The zero-order valence-electron chi connectivity index (χ0n) is 11.0. The first kappa shape index (κ1) is 15.8. The Balaban J connectivity index is 2.61. The standard InChI is InChI=1S/C14H20BrNO3/c1-2-4-10(7-8-15)9-16-14(19)11-5-3-6-12(17)13(11)18/h3,5-6,10,17-18H,2,4,7-9H2,1H3,(H,16,19). The molecular weight excluding hydrogens is 310 g/mol. The lowest BCUT2D eigenvalue weighted by Crippen LogP contribution is -2.29. The fourth-order valence-electron chi connectivity index (χ4n) is 1.96. The highest BCUT2D eigenvalue weighted by Crippen LogP contribution is 2.28. The van der Waals surface area contributed by atoms with Gasteiger partial charge in [-0.3, -0.25) is 4.79 Å². The van der Waals surface area contributed by atoms with Gasteiger partial charge in [-0.2, -0.15) is 0 Å². The van der Waals surface area contributed by atoms with Gasteiger partial charge in [0.1, 0.15) is 0 Å². The molecule has 5 heteroatoms. The number of carbonyl (C=O) groups excluding carboxylic acids is 1. The molecule has 1 rings (SSSR count). The van der Waals surface area contributed by atoms with Gasteiger partial charge in [0.25, 0.3) is 5.91 Å². The number of phenols is 2. The number of nitrogens with one attached hydrogen (secondary N) is 1. The van der Waals surface area contributed by atoms with E-state index in [0.717, 1.165) is 24.6 Å². The Hall–Kier alpha value is -1.23. The average Bonchev–Trinajstić information content (AvgIpc) is 2.39. The topological polar surface area (TPSA) is 69.6 Å². The fourth-order valence-corrected chi connectivity index (χ4v) is 2.61. The number of benzene rings is 1. The SMILES string of the molecule is CCCC(CCBr)CNC(=O)c1cccc(O)c1O. The lowest BCUT2D eigenvalue weighted by Gasteiger charge is -2.16. The van der Waals surface area contributed by atoms with Gasteiger partial charge in [0.15, 0.2) is 11.5 Å². The second kappa shape index (κ2) is 8.04.